The van der Waals surface area contributed by atoms with Gasteiger partial charge >= 0.3 is 0 Å². The van der Waals surface area contributed by atoms with Crippen LogP contribution >= 0.6 is 0 Å². The fourth-order valence-corrected chi connectivity index (χ4v) is 11.1. The lowest BCUT2D eigenvalue weighted by molar-refractivity contribution is 0.483. The Morgan fingerprint density at radius 3 is 1.51 bits per heavy atom. The Morgan fingerprint density at radius 2 is 0.960 bits per heavy atom. The normalized spacial score (nSPS) is 13.5. The summed E-state index contributed by atoms with van der Waals surface area (Å²) >= 11 is 0. The van der Waals surface area contributed by atoms with Crippen molar-refractivity contribution >= 4 is 33.2 Å². The Labute approximate surface area is 447 Å². The molecular formula is C70H76N4O. The molecule has 3 heterocycles. The van der Waals surface area contributed by atoms with Gasteiger partial charge in [-0.15, -0.1) is 0 Å². The average Bonchev–Trinajstić information content (AvgIpc) is 4.02. The highest BCUT2D eigenvalue weighted by Crippen LogP contribution is 2.45. The maximum Gasteiger partial charge on any atom is 0.137 e. The van der Waals surface area contributed by atoms with E-state index in [4.69, 9.17) is 9.72 Å². The molecule has 1 aliphatic rings. The zero-order valence-electron chi connectivity index (χ0n) is 46.9. The van der Waals surface area contributed by atoms with Crippen molar-refractivity contribution in [1.82, 2.24) is 9.55 Å². The number of hydrogen-bond donors (Lipinski definition) is 0. The van der Waals surface area contributed by atoms with Crippen molar-refractivity contribution in [3.05, 3.63) is 227 Å². The first-order valence-corrected chi connectivity index (χ1v) is 27.1. The van der Waals surface area contributed by atoms with Crippen LogP contribution in [0.5, 0.6) is 11.5 Å². The number of benzene rings is 7. The molecule has 382 valence electrons. The first kappa shape index (κ1) is 51.1. The third kappa shape index (κ3) is 9.90. The fourth-order valence-electron chi connectivity index (χ4n) is 11.1. The van der Waals surface area contributed by atoms with Gasteiger partial charge in [-0.3, -0.25) is 4.57 Å². The minimum absolute atomic E-state index is 0.0239. The molecule has 5 nitrogen and oxygen atoms in total. The predicted octanol–water partition coefficient (Wildman–Crippen LogP) is 18.9. The second kappa shape index (κ2) is 19.4. The van der Waals surface area contributed by atoms with Gasteiger partial charge in [0.1, 0.15) is 17.3 Å². The lowest BCUT2D eigenvalue weighted by atomic mass is 9.73. The standard InChI is InChI=1S/C70H76N4O/c1-46(2)59-26-21-27-60(47(3)4)66(59)48-36-55(72-34-35-73(45-72)56-39-53(69(11,12)49-22-17-15-18-23-49)38-54(40-56)70(13,14)50-24-19-16-20-25-50)43-58(37-48)75-57-29-31-62-61-30-28-51(67(5,6)7)41-63(61)74(64(62)44-57)65-42-52(32-33-71-65)68(8,9)10/h15-44,46-47H,45H2,1-14H3. The van der Waals surface area contributed by atoms with Crippen LogP contribution in [0.3, 0.4) is 0 Å². The molecule has 5 heteroatoms. The lowest BCUT2D eigenvalue weighted by Gasteiger charge is -2.33. The van der Waals surface area contributed by atoms with E-state index in [1.807, 2.05) is 6.20 Å². The van der Waals surface area contributed by atoms with Crippen molar-refractivity contribution in [1.29, 1.82) is 0 Å². The van der Waals surface area contributed by atoms with Gasteiger partial charge in [0.05, 0.1) is 17.7 Å². The Hall–Kier alpha value is -7.37. The molecule has 0 bridgehead atoms. The van der Waals surface area contributed by atoms with E-state index < -0.39 is 0 Å². The quantitative estimate of drug-likeness (QED) is 0.122. The van der Waals surface area contributed by atoms with Crippen LogP contribution in [-0.4, -0.2) is 16.2 Å². The Kier molecular flexibility index (Phi) is 13.2. The topological polar surface area (TPSA) is 33.5 Å². The van der Waals surface area contributed by atoms with Crippen molar-refractivity contribution < 1.29 is 4.74 Å². The van der Waals surface area contributed by atoms with Crippen LogP contribution in [0.1, 0.15) is 153 Å². The van der Waals surface area contributed by atoms with Gasteiger partial charge in [-0.25, -0.2) is 4.98 Å². The summed E-state index contributed by atoms with van der Waals surface area (Å²) in [6, 6.07) is 60.6. The monoisotopic (exact) mass is 989 g/mol. The molecule has 0 spiro atoms. The van der Waals surface area contributed by atoms with E-state index >= 15 is 0 Å². The van der Waals surface area contributed by atoms with Gasteiger partial charge in [0, 0.05) is 63.7 Å². The summed E-state index contributed by atoms with van der Waals surface area (Å²) in [5.74, 6) is 3.10. The lowest BCUT2D eigenvalue weighted by Crippen LogP contribution is -2.27. The number of rotatable bonds is 12. The van der Waals surface area contributed by atoms with E-state index in [1.165, 1.54) is 55.5 Å². The number of hydrogen-bond acceptors (Lipinski definition) is 4. The number of fused-ring (bicyclic) bond motifs is 3. The van der Waals surface area contributed by atoms with E-state index in [9.17, 15) is 0 Å². The van der Waals surface area contributed by atoms with E-state index in [0.717, 1.165) is 50.7 Å². The third-order valence-electron chi connectivity index (χ3n) is 16.0. The number of pyridine rings is 1. The van der Waals surface area contributed by atoms with Gasteiger partial charge < -0.3 is 14.5 Å². The van der Waals surface area contributed by atoms with Crippen LogP contribution < -0.4 is 14.5 Å². The predicted molar refractivity (Wildman–Crippen MR) is 319 cm³/mol. The second-order valence-corrected chi connectivity index (χ2v) is 24.7. The van der Waals surface area contributed by atoms with Crippen LogP contribution in [0.25, 0.3) is 38.8 Å². The number of ether oxygens (including phenoxy) is 1. The van der Waals surface area contributed by atoms with Crippen molar-refractivity contribution in [2.24, 2.45) is 0 Å². The van der Waals surface area contributed by atoms with E-state index in [2.05, 4.69) is 287 Å². The SMILES string of the molecule is CC(C)c1cccc(C(C)C)c1-c1cc(Oc2ccc3c4ccc(C(C)(C)C)cc4n(-c4cc(C(C)(C)C)ccn4)c3c2)cc(N2C=CN(c3cc(C(C)(C)c4ccccc4)cc(C(C)(C)c4ccccc4)c3)C2)c1. The fraction of sp³-hybridized carbons (Fsp3) is 0.300. The van der Waals surface area contributed by atoms with Gasteiger partial charge in [-0.1, -0.05) is 194 Å². The maximum absolute atomic E-state index is 7.20. The molecule has 2 aromatic heterocycles. The molecule has 0 unspecified atom stereocenters. The molecule has 0 atom stereocenters. The van der Waals surface area contributed by atoms with E-state index in [0.29, 0.717) is 18.5 Å². The van der Waals surface area contributed by atoms with Crippen LogP contribution in [0, 0.1) is 0 Å². The maximum atomic E-state index is 7.20. The number of aromatic nitrogens is 2. The molecule has 0 aliphatic carbocycles. The van der Waals surface area contributed by atoms with Gasteiger partial charge in [-0.05, 0) is 133 Å². The van der Waals surface area contributed by atoms with Crippen LogP contribution in [0.15, 0.2) is 182 Å². The van der Waals surface area contributed by atoms with Crippen molar-refractivity contribution in [3.63, 3.8) is 0 Å². The molecule has 10 rings (SSSR count). The molecule has 0 N–H and O–H groups in total. The largest absolute Gasteiger partial charge is 0.457 e. The molecular weight excluding hydrogens is 913 g/mol. The highest BCUT2D eigenvalue weighted by Gasteiger charge is 2.31. The number of anilines is 2. The summed E-state index contributed by atoms with van der Waals surface area (Å²) in [7, 11) is 0. The van der Waals surface area contributed by atoms with Crippen LogP contribution in [-0.2, 0) is 21.7 Å². The summed E-state index contributed by atoms with van der Waals surface area (Å²) in [6.45, 7) is 32.9. The van der Waals surface area contributed by atoms with E-state index in [-0.39, 0.29) is 21.7 Å². The van der Waals surface area contributed by atoms with Crippen LogP contribution in [0.2, 0.25) is 0 Å². The highest BCUT2D eigenvalue weighted by molar-refractivity contribution is 6.09. The van der Waals surface area contributed by atoms with Crippen molar-refractivity contribution in [2.45, 2.75) is 130 Å². The van der Waals surface area contributed by atoms with E-state index in [1.54, 1.807) is 0 Å². The van der Waals surface area contributed by atoms with Gasteiger partial charge in [0.15, 0.2) is 0 Å². The zero-order valence-corrected chi connectivity index (χ0v) is 46.9. The summed E-state index contributed by atoms with van der Waals surface area (Å²) < 4.78 is 9.53. The summed E-state index contributed by atoms with van der Waals surface area (Å²) in [5, 5.41) is 2.36. The Balaban J connectivity index is 1.09. The molecule has 9 aromatic rings. The molecule has 0 radical (unpaired) electrons. The first-order valence-electron chi connectivity index (χ1n) is 27.1. The first-order chi connectivity index (χ1) is 35.6. The minimum atomic E-state index is -0.236. The van der Waals surface area contributed by atoms with Gasteiger partial charge in [0.25, 0.3) is 0 Å². The number of nitrogens with zero attached hydrogens (tertiary/aromatic N) is 4. The minimum Gasteiger partial charge on any atom is -0.457 e. The zero-order chi connectivity index (χ0) is 53.2. The summed E-state index contributed by atoms with van der Waals surface area (Å²) in [6.07, 6.45) is 6.42. The molecule has 1 aliphatic heterocycles. The summed E-state index contributed by atoms with van der Waals surface area (Å²) in [5.41, 5.74) is 16.6. The summed E-state index contributed by atoms with van der Waals surface area (Å²) in [4.78, 5) is 9.80. The van der Waals surface area contributed by atoms with Crippen molar-refractivity contribution in [3.8, 4) is 28.4 Å². The van der Waals surface area contributed by atoms with Crippen molar-refractivity contribution in [2.75, 3.05) is 16.5 Å². The smallest absolute Gasteiger partial charge is 0.137 e. The molecule has 0 saturated heterocycles. The van der Waals surface area contributed by atoms with Gasteiger partial charge in [0.2, 0.25) is 0 Å². The Morgan fingerprint density at radius 1 is 0.440 bits per heavy atom. The molecule has 0 fully saturated rings. The Bertz CT molecular complexity index is 3480. The molecule has 75 heavy (non-hydrogen) atoms. The molecule has 0 amide bonds. The average molecular weight is 989 g/mol. The second-order valence-electron chi connectivity index (χ2n) is 24.7. The molecule has 0 saturated carbocycles. The third-order valence-corrected chi connectivity index (χ3v) is 16.0. The van der Waals surface area contributed by atoms with Gasteiger partial charge in [-0.2, -0.15) is 0 Å². The highest BCUT2D eigenvalue weighted by atomic mass is 16.5. The molecule has 7 aromatic carbocycles. The van der Waals surface area contributed by atoms with Crippen LogP contribution in [0.4, 0.5) is 11.4 Å².